The zero-order valence-corrected chi connectivity index (χ0v) is 23.1. The van der Waals surface area contributed by atoms with E-state index in [1.54, 1.807) is 0 Å². The molecular weight excluding hydrogens is 510 g/mol. The topological polar surface area (TPSA) is 74.7 Å². The van der Waals surface area contributed by atoms with Crippen molar-refractivity contribution < 1.29 is 14.6 Å². The highest BCUT2D eigenvalue weighted by molar-refractivity contribution is 6.31. The standard InChI is InChI=1S/C32H34ClN3O3/c1-3-26-21-32(31(37)38,23-9-5-4-6-10-23)13-14-36(26)15-16-39-27-19-24(33)18-25(20-27)35-30-17-22(2)34-29-12-8-7-11-28(29)30/h4-12,17-20,26H,3,13-16,21H2,1-2H3,(H,34,35)(H,37,38). The molecule has 2 N–H and O–H groups in total. The lowest BCUT2D eigenvalue weighted by molar-refractivity contribution is -0.147. The maximum absolute atomic E-state index is 12.5. The Bertz CT molecular complexity index is 1460. The minimum Gasteiger partial charge on any atom is -0.492 e. The zero-order valence-electron chi connectivity index (χ0n) is 22.4. The van der Waals surface area contributed by atoms with Crippen molar-refractivity contribution in [3.8, 4) is 5.75 Å². The van der Waals surface area contributed by atoms with Crippen LogP contribution in [0.25, 0.3) is 10.9 Å². The molecule has 2 heterocycles. The first kappa shape index (κ1) is 27.0. The Morgan fingerprint density at radius 3 is 2.67 bits per heavy atom. The van der Waals surface area contributed by atoms with Gasteiger partial charge in [-0.05, 0) is 62.6 Å². The van der Waals surface area contributed by atoms with Crippen LogP contribution in [-0.4, -0.2) is 46.7 Å². The number of hydrogen-bond donors (Lipinski definition) is 2. The van der Waals surface area contributed by atoms with Crippen molar-refractivity contribution in [3.05, 3.63) is 95.1 Å². The Morgan fingerprint density at radius 1 is 1.13 bits per heavy atom. The summed E-state index contributed by atoms with van der Waals surface area (Å²) in [5, 5.41) is 15.3. The van der Waals surface area contributed by atoms with Crippen LogP contribution in [0.5, 0.6) is 5.75 Å². The van der Waals surface area contributed by atoms with E-state index in [2.05, 4.69) is 22.1 Å². The van der Waals surface area contributed by atoms with Crippen LogP contribution in [0.4, 0.5) is 11.4 Å². The van der Waals surface area contributed by atoms with Gasteiger partial charge in [0.05, 0.1) is 10.9 Å². The molecule has 0 aliphatic carbocycles. The molecule has 0 radical (unpaired) electrons. The predicted molar refractivity (Wildman–Crippen MR) is 157 cm³/mol. The molecular formula is C32H34ClN3O3. The maximum Gasteiger partial charge on any atom is 0.314 e. The van der Waals surface area contributed by atoms with Gasteiger partial charge in [0.25, 0.3) is 0 Å². The number of benzene rings is 3. The lowest BCUT2D eigenvalue weighted by Crippen LogP contribution is -2.53. The summed E-state index contributed by atoms with van der Waals surface area (Å²) in [5.41, 5.74) is 3.72. The zero-order chi connectivity index (χ0) is 27.4. The van der Waals surface area contributed by atoms with E-state index in [4.69, 9.17) is 16.3 Å². The fourth-order valence-electron chi connectivity index (χ4n) is 5.75. The van der Waals surface area contributed by atoms with Gasteiger partial charge in [0.1, 0.15) is 12.4 Å². The second-order valence-electron chi connectivity index (χ2n) is 10.3. The number of nitrogens with zero attached hydrogens (tertiary/aromatic N) is 2. The van der Waals surface area contributed by atoms with Gasteiger partial charge in [-0.1, -0.05) is 67.1 Å². The van der Waals surface area contributed by atoms with Crippen molar-refractivity contribution in [2.75, 3.05) is 25.0 Å². The molecule has 1 saturated heterocycles. The highest BCUT2D eigenvalue weighted by atomic mass is 35.5. The number of pyridine rings is 1. The third-order valence-corrected chi connectivity index (χ3v) is 7.99. The summed E-state index contributed by atoms with van der Waals surface area (Å²) in [6.45, 7) is 6.01. The monoisotopic (exact) mass is 543 g/mol. The van der Waals surface area contributed by atoms with Crippen LogP contribution in [0.3, 0.4) is 0 Å². The number of rotatable bonds is 9. The number of aryl methyl sites for hydroxylation is 1. The van der Waals surface area contributed by atoms with Crippen LogP contribution in [0, 0.1) is 6.92 Å². The van der Waals surface area contributed by atoms with Crippen molar-refractivity contribution in [2.24, 2.45) is 0 Å². The minimum absolute atomic E-state index is 0.165. The number of para-hydroxylation sites is 1. The Balaban J connectivity index is 1.25. The van der Waals surface area contributed by atoms with Gasteiger partial charge < -0.3 is 15.2 Å². The molecule has 1 aliphatic rings. The Hall–Kier alpha value is -3.61. The molecule has 1 fully saturated rings. The van der Waals surface area contributed by atoms with Gasteiger partial charge in [-0.15, -0.1) is 0 Å². The normalized spacial score (nSPS) is 19.6. The van der Waals surface area contributed by atoms with Gasteiger partial charge >= 0.3 is 5.97 Å². The Kier molecular flexibility index (Phi) is 8.05. The number of piperidine rings is 1. The molecule has 0 bridgehead atoms. The highest BCUT2D eigenvalue weighted by Crippen LogP contribution is 2.39. The summed E-state index contributed by atoms with van der Waals surface area (Å²) in [6.07, 6.45) is 2.05. The molecule has 3 aromatic carbocycles. The van der Waals surface area contributed by atoms with Crippen LogP contribution in [-0.2, 0) is 10.2 Å². The molecule has 7 heteroatoms. The summed E-state index contributed by atoms with van der Waals surface area (Å²) >= 11 is 6.46. The first-order valence-corrected chi connectivity index (χ1v) is 13.9. The Labute approximate surface area is 234 Å². The van der Waals surface area contributed by atoms with Crippen LogP contribution >= 0.6 is 11.6 Å². The largest absolute Gasteiger partial charge is 0.492 e. The van der Waals surface area contributed by atoms with Crippen LogP contribution in [0.2, 0.25) is 5.02 Å². The number of carbonyl (C=O) groups is 1. The fraction of sp³-hybridized carbons (Fsp3) is 0.312. The van der Waals surface area contributed by atoms with Gasteiger partial charge in [-0.2, -0.15) is 0 Å². The van der Waals surface area contributed by atoms with Crippen molar-refractivity contribution in [1.29, 1.82) is 0 Å². The van der Waals surface area contributed by atoms with E-state index in [9.17, 15) is 9.90 Å². The third kappa shape index (κ3) is 5.87. The van der Waals surface area contributed by atoms with E-state index in [1.165, 1.54) is 0 Å². The first-order chi connectivity index (χ1) is 18.9. The SMILES string of the molecule is CCC1CC(C(=O)O)(c2ccccc2)CCN1CCOc1cc(Cl)cc(Nc2cc(C)nc3ccccc23)c1. The fourth-order valence-corrected chi connectivity index (χ4v) is 5.98. The number of anilines is 2. The lowest BCUT2D eigenvalue weighted by Gasteiger charge is -2.44. The number of halogens is 1. The molecule has 2 atom stereocenters. The molecule has 1 aliphatic heterocycles. The summed E-state index contributed by atoms with van der Waals surface area (Å²) in [5.74, 6) is -0.0477. The summed E-state index contributed by atoms with van der Waals surface area (Å²) in [6, 6.07) is 25.6. The van der Waals surface area contributed by atoms with Gasteiger partial charge in [-0.3, -0.25) is 14.7 Å². The van der Waals surface area contributed by atoms with Crippen molar-refractivity contribution >= 4 is 39.8 Å². The molecule has 4 aromatic rings. The predicted octanol–water partition coefficient (Wildman–Crippen LogP) is 7.22. The third-order valence-electron chi connectivity index (χ3n) is 7.78. The van der Waals surface area contributed by atoms with E-state index in [0.717, 1.165) is 40.0 Å². The maximum atomic E-state index is 12.5. The molecule has 202 valence electrons. The molecule has 39 heavy (non-hydrogen) atoms. The molecule has 1 aromatic heterocycles. The number of aromatic nitrogens is 1. The lowest BCUT2D eigenvalue weighted by atomic mass is 9.70. The number of carboxylic acids is 1. The minimum atomic E-state index is -0.845. The van der Waals surface area contributed by atoms with Crippen molar-refractivity contribution in [1.82, 2.24) is 9.88 Å². The molecule has 5 rings (SSSR count). The van der Waals surface area contributed by atoms with Gasteiger partial charge in [0, 0.05) is 46.1 Å². The molecule has 6 nitrogen and oxygen atoms in total. The average Bonchev–Trinajstić information content (AvgIpc) is 2.93. The first-order valence-electron chi connectivity index (χ1n) is 13.5. The number of hydrogen-bond acceptors (Lipinski definition) is 5. The number of aliphatic carboxylic acids is 1. The van der Waals surface area contributed by atoms with E-state index in [-0.39, 0.29) is 6.04 Å². The number of nitrogens with one attached hydrogen (secondary N) is 1. The molecule has 0 spiro atoms. The second-order valence-corrected chi connectivity index (χ2v) is 10.7. The van der Waals surface area contributed by atoms with Crippen LogP contribution in [0.1, 0.15) is 37.4 Å². The van der Waals surface area contributed by atoms with E-state index < -0.39 is 11.4 Å². The second kappa shape index (κ2) is 11.6. The number of fused-ring (bicyclic) bond motifs is 1. The van der Waals surface area contributed by atoms with Gasteiger partial charge in [-0.25, -0.2) is 0 Å². The molecule has 0 amide bonds. The van der Waals surface area contributed by atoms with Gasteiger partial charge in [0.15, 0.2) is 0 Å². The number of likely N-dealkylation sites (tertiary alicyclic amines) is 1. The quantitative estimate of drug-likeness (QED) is 0.232. The van der Waals surface area contributed by atoms with Crippen LogP contribution < -0.4 is 10.1 Å². The summed E-state index contributed by atoms with van der Waals surface area (Å²) in [7, 11) is 0. The van der Waals surface area contributed by atoms with E-state index >= 15 is 0 Å². The van der Waals surface area contributed by atoms with E-state index in [0.29, 0.717) is 43.3 Å². The summed E-state index contributed by atoms with van der Waals surface area (Å²) < 4.78 is 6.16. The molecule has 2 unspecified atom stereocenters. The smallest absolute Gasteiger partial charge is 0.314 e. The van der Waals surface area contributed by atoms with E-state index in [1.807, 2.05) is 85.8 Å². The number of ether oxygens (including phenoxy) is 1. The number of carboxylic acid groups (broad SMARTS) is 1. The van der Waals surface area contributed by atoms with Crippen LogP contribution in [0.15, 0.2) is 78.9 Å². The highest BCUT2D eigenvalue weighted by Gasteiger charge is 2.46. The van der Waals surface area contributed by atoms with Crippen molar-refractivity contribution in [3.63, 3.8) is 0 Å². The summed E-state index contributed by atoms with van der Waals surface area (Å²) in [4.78, 5) is 19.4. The average molecular weight is 544 g/mol. The van der Waals surface area contributed by atoms with Gasteiger partial charge in [0.2, 0.25) is 0 Å². The Morgan fingerprint density at radius 2 is 1.90 bits per heavy atom. The molecule has 0 saturated carbocycles. The van der Waals surface area contributed by atoms with Crippen molar-refractivity contribution in [2.45, 2.75) is 44.6 Å².